The summed E-state index contributed by atoms with van der Waals surface area (Å²) >= 11 is 0. The van der Waals surface area contributed by atoms with Crippen molar-refractivity contribution in [2.45, 2.75) is 12.2 Å². The van der Waals surface area contributed by atoms with E-state index in [4.69, 9.17) is 5.26 Å². The first-order valence-electron chi connectivity index (χ1n) is 4.69. The van der Waals surface area contributed by atoms with E-state index < -0.39 is 10.8 Å². The van der Waals surface area contributed by atoms with E-state index in [0.717, 1.165) is 5.69 Å². The van der Waals surface area contributed by atoms with E-state index >= 15 is 0 Å². The van der Waals surface area contributed by atoms with Gasteiger partial charge in [-0.1, -0.05) is 6.07 Å². The minimum absolute atomic E-state index is 0.107. The summed E-state index contributed by atoms with van der Waals surface area (Å²) < 4.78 is 11.1. The van der Waals surface area contributed by atoms with E-state index in [1.165, 1.54) is 0 Å². The van der Waals surface area contributed by atoms with Gasteiger partial charge < -0.3 is 5.32 Å². The lowest BCUT2D eigenvalue weighted by atomic mass is 10.2. The van der Waals surface area contributed by atoms with Gasteiger partial charge in [0.05, 0.1) is 11.6 Å². The van der Waals surface area contributed by atoms with Crippen molar-refractivity contribution < 1.29 is 4.21 Å². The molecule has 0 bridgehead atoms. The summed E-state index contributed by atoms with van der Waals surface area (Å²) in [5.74, 6) is 0. The van der Waals surface area contributed by atoms with Crippen molar-refractivity contribution in [1.82, 2.24) is 0 Å². The number of nitriles is 1. The molecule has 0 heterocycles. The summed E-state index contributed by atoms with van der Waals surface area (Å²) in [5.41, 5.74) is 1.52. The largest absolute Gasteiger partial charge is 0.384 e. The van der Waals surface area contributed by atoms with Crippen molar-refractivity contribution in [2.24, 2.45) is 0 Å². The van der Waals surface area contributed by atoms with Gasteiger partial charge in [-0.05, 0) is 25.1 Å². The molecule has 1 N–H and O–H groups in total. The second kappa shape index (κ2) is 5.52. The number of nitrogens with one attached hydrogen (secondary N) is 1. The molecule has 15 heavy (non-hydrogen) atoms. The van der Waals surface area contributed by atoms with Crippen molar-refractivity contribution >= 4 is 16.5 Å². The number of hydrogen-bond donors (Lipinski definition) is 1. The Morgan fingerprint density at radius 1 is 1.60 bits per heavy atom. The first-order chi connectivity index (χ1) is 7.13. The van der Waals surface area contributed by atoms with Gasteiger partial charge in [-0.25, -0.2) is 0 Å². The Morgan fingerprint density at radius 2 is 2.33 bits per heavy atom. The van der Waals surface area contributed by atoms with Crippen LogP contribution in [0, 0.1) is 11.3 Å². The molecule has 0 aromatic heterocycles. The molecule has 0 saturated carbocycles. The Kier molecular flexibility index (Phi) is 4.32. The maximum atomic E-state index is 11.1. The fourth-order valence-corrected chi connectivity index (χ4v) is 1.40. The minimum Gasteiger partial charge on any atom is -0.384 e. The zero-order valence-electron chi connectivity index (χ0n) is 8.86. The third kappa shape index (κ3) is 3.72. The first kappa shape index (κ1) is 11.7. The lowest BCUT2D eigenvalue weighted by Crippen LogP contribution is -2.20. The summed E-state index contributed by atoms with van der Waals surface area (Å²) in [5, 5.41) is 12.0. The summed E-state index contributed by atoms with van der Waals surface area (Å²) in [6.07, 6.45) is 1.69. The minimum atomic E-state index is -0.819. The third-order valence-electron chi connectivity index (χ3n) is 2.15. The molecule has 1 aromatic carbocycles. The quantitative estimate of drug-likeness (QED) is 0.844. The number of anilines is 1. The van der Waals surface area contributed by atoms with Crippen LogP contribution in [0.4, 0.5) is 5.69 Å². The van der Waals surface area contributed by atoms with Gasteiger partial charge in [-0.2, -0.15) is 5.26 Å². The van der Waals surface area contributed by atoms with Gasteiger partial charge in [0.2, 0.25) is 0 Å². The van der Waals surface area contributed by atoms with Gasteiger partial charge in [0, 0.05) is 34.5 Å². The molecule has 1 rings (SSSR count). The molecule has 0 radical (unpaired) electrons. The molecular formula is C11H14N2OS. The van der Waals surface area contributed by atoms with Crippen LogP contribution < -0.4 is 5.32 Å². The SMILES string of the molecule is CC(CNc1cccc(C#N)c1)S(C)=O. The smallest absolute Gasteiger partial charge is 0.0992 e. The number of benzene rings is 1. The number of rotatable bonds is 4. The average Bonchev–Trinajstić information content (AvgIpc) is 2.26. The molecule has 0 aliphatic carbocycles. The third-order valence-corrected chi connectivity index (χ3v) is 3.45. The highest BCUT2D eigenvalue weighted by Gasteiger charge is 2.05. The van der Waals surface area contributed by atoms with E-state index in [1.807, 2.05) is 19.1 Å². The maximum Gasteiger partial charge on any atom is 0.0992 e. The van der Waals surface area contributed by atoms with Gasteiger partial charge >= 0.3 is 0 Å². The summed E-state index contributed by atoms with van der Waals surface area (Å²) in [6.45, 7) is 2.58. The second-order valence-corrected chi connectivity index (χ2v) is 5.18. The Balaban J connectivity index is 2.58. The van der Waals surface area contributed by atoms with Crippen LogP contribution in [0.5, 0.6) is 0 Å². The van der Waals surface area contributed by atoms with Crippen LogP contribution in [-0.2, 0) is 10.8 Å². The topological polar surface area (TPSA) is 52.9 Å². The Morgan fingerprint density at radius 3 is 2.93 bits per heavy atom. The van der Waals surface area contributed by atoms with Crippen LogP contribution in [0.1, 0.15) is 12.5 Å². The fourth-order valence-electron chi connectivity index (χ4n) is 1.08. The molecule has 0 aliphatic rings. The fraction of sp³-hybridized carbons (Fsp3) is 0.364. The van der Waals surface area contributed by atoms with Crippen molar-refractivity contribution in [3.8, 4) is 6.07 Å². The van der Waals surface area contributed by atoms with Gasteiger partial charge in [-0.15, -0.1) is 0 Å². The predicted octanol–water partition coefficient (Wildman–Crippen LogP) is 1.74. The zero-order chi connectivity index (χ0) is 11.3. The van der Waals surface area contributed by atoms with E-state index in [2.05, 4.69) is 11.4 Å². The van der Waals surface area contributed by atoms with Crippen LogP contribution >= 0.6 is 0 Å². The van der Waals surface area contributed by atoms with Crippen molar-refractivity contribution in [3.05, 3.63) is 29.8 Å². The summed E-state index contributed by atoms with van der Waals surface area (Å²) in [7, 11) is -0.819. The molecule has 2 atom stereocenters. The lowest BCUT2D eigenvalue weighted by Gasteiger charge is -2.10. The average molecular weight is 222 g/mol. The van der Waals surface area contributed by atoms with Crippen LogP contribution in [-0.4, -0.2) is 22.3 Å². The molecule has 4 heteroatoms. The standard InChI is InChI=1S/C11H14N2OS/c1-9(15(2)14)8-13-11-5-3-4-10(6-11)7-12/h3-6,9,13H,8H2,1-2H3. The summed E-state index contributed by atoms with van der Waals surface area (Å²) in [6, 6.07) is 9.34. The van der Waals surface area contributed by atoms with Crippen molar-refractivity contribution in [1.29, 1.82) is 5.26 Å². The molecule has 3 nitrogen and oxygen atoms in total. The zero-order valence-corrected chi connectivity index (χ0v) is 9.67. The molecule has 0 amide bonds. The van der Waals surface area contributed by atoms with E-state index in [1.54, 1.807) is 18.4 Å². The number of hydrogen-bond acceptors (Lipinski definition) is 3. The highest BCUT2D eigenvalue weighted by atomic mass is 32.2. The molecular weight excluding hydrogens is 208 g/mol. The highest BCUT2D eigenvalue weighted by Crippen LogP contribution is 2.09. The predicted molar refractivity (Wildman–Crippen MR) is 63.2 cm³/mol. The molecule has 0 spiro atoms. The molecule has 0 saturated heterocycles. The van der Waals surface area contributed by atoms with Crippen molar-refractivity contribution in [3.63, 3.8) is 0 Å². The van der Waals surface area contributed by atoms with Gasteiger partial charge in [-0.3, -0.25) is 4.21 Å². The van der Waals surface area contributed by atoms with E-state index in [9.17, 15) is 4.21 Å². The van der Waals surface area contributed by atoms with Crippen molar-refractivity contribution in [2.75, 3.05) is 18.1 Å². The normalized spacial score (nSPS) is 13.9. The Labute approximate surface area is 92.6 Å². The lowest BCUT2D eigenvalue weighted by molar-refractivity contribution is 0.679. The van der Waals surface area contributed by atoms with E-state index in [-0.39, 0.29) is 5.25 Å². The molecule has 2 unspecified atom stereocenters. The van der Waals surface area contributed by atoms with E-state index in [0.29, 0.717) is 12.1 Å². The van der Waals surface area contributed by atoms with Gasteiger partial charge in [0.15, 0.2) is 0 Å². The first-order valence-corrected chi connectivity index (χ1v) is 6.32. The molecule has 0 fully saturated rings. The van der Waals surface area contributed by atoms with Crippen LogP contribution in [0.15, 0.2) is 24.3 Å². The molecule has 1 aromatic rings. The molecule has 0 aliphatic heterocycles. The Hall–Kier alpha value is -1.34. The van der Waals surface area contributed by atoms with Gasteiger partial charge in [0.1, 0.15) is 0 Å². The second-order valence-electron chi connectivity index (χ2n) is 3.38. The van der Waals surface area contributed by atoms with Crippen LogP contribution in [0.2, 0.25) is 0 Å². The van der Waals surface area contributed by atoms with Gasteiger partial charge in [0.25, 0.3) is 0 Å². The van der Waals surface area contributed by atoms with Crippen LogP contribution in [0.3, 0.4) is 0 Å². The maximum absolute atomic E-state index is 11.1. The molecule has 80 valence electrons. The van der Waals surface area contributed by atoms with Crippen LogP contribution in [0.25, 0.3) is 0 Å². The number of nitrogens with zero attached hydrogens (tertiary/aromatic N) is 1. The summed E-state index contributed by atoms with van der Waals surface area (Å²) in [4.78, 5) is 0. The monoisotopic (exact) mass is 222 g/mol. The highest BCUT2D eigenvalue weighted by molar-refractivity contribution is 7.84. The Bertz CT molecular complexity index is 398.